The lowest BCUT2D eigenvalue weighted by molar-refractivity contribution is -0.128. The second-order valence-corrected chi connectivity index (χ2v) is 5.22. The molecule has 0 N–H and O–H groups in total. The lowest BCUT2D eigenvalue weighted by Gasteiger charge is -2.17. The average Bonchev–Trinajstić information content (AvgIpc) is 2.65. The van der Waals surface area contributed by atoms with Gasteiger partial charge in [0.25, 0.3) is 0 Å². The molecule has 2 nitrogen and oxygen atoms in total. The monoisotopic (exact) mass is 299 g/mol. The Morgan fingerprint density at radius 2 is 2.29 bits per heavy atom. The van der Waals surface area contributed by atoms with Crippen LogP contribution in [0.5, 0.6) is 0 Å². The first kappa shape index (κ1) is 12.6. The van der Waals surface area contributed by atoms with E-state index in [1.165, 1.54) is 12.1 Å². The standard InChI is InChI=1S/C13H15BrFNO/c1-9-2-3-12(15)5-11(9)8-16-7-10(6-14)4-13(16)17/h2-3,5,10H,4,6-8H2,1H3. The van der Waals surface area contributed by atoms with E-state index in [-0.39, 0.29) is 11.7 Å². The Labute approximate surface area is 109 Å². The summed E-state index contributed by atoms with van der Waals surface area (Å²) in [6, 6.07) is 4.73. The highest BCUT2D eigenvalue weighted by atomic mass is 79.9. The van der Waals surface area contributed by atoms with Gasteiger partial charge >= 0.3 is 0 Å². The predicted octanol–water partition coefficient (Wildman–Crippen LogP) is 2.88. The third-order valence-corrected chi connectivity index (χ3v) is 4.10. The van der Waals surface area contributed by atoms with Crippen molar-refractivity contribution in [1.29, 1.82) is 0 Å². The fourth-order valence-electron chi connectivity index (χ4n) is 2.13. The second kappa shape index (κ2) is 5.17. The van der Waals surface area contributed by atoms with Crippen LogP contribution in [0.4, 0.5) is 4.39 Å². The van der Waals surface area contributed by atoms with Crippen molar-refractivity contribution < 1.29 is 9.18 Å². The number of likely N-dealkylation sites (tertiary alicyclic amines) is 1. The molecule has 0 radical (unpaired) electrons. The topological polar surface area (TPSA) is 20.3 Å². The third kappa shape index (κ3) is 2.86. The van der Waals surface area contributed by atoms with Crippen LogP contribution in [0, 0.1) is 18.7 Å². The van der Waals surface area contributed by atoms with Gasteiger partial charge in [0.15, 0.2) is 0 Å². The summed E-state index contributed by atoms with van der Waals surface area (Å²) >= 11 is 3.40. The molecule has 4 heteroatoms. The second-order valence-electron chi connectivity index (χ2n) is 4.57. The fraction of sp³-hybridized carbons (Fsp3) is 0.462. The number of benzene rings is 1. The molecule has 1 aromatic rings. The van der Waals surface area contributed by atoms with E-state index in [0.717, 1.165) is 23.0 Å². The number of halogens is 2. The summed E-state index contributed by atoms with van der Waals surface area (Å²) in [4.78, 5) is 13.6. The number of amides is 1. The van der Waals surface area contributed by atoms with Gasteiger partial charge in [-0.3, -0.25) is 4.79 Å². The molecule has 0 aliphatic carbocycles. The highest BCUT2D eigenvalue weighted by Gasteiger charge is 2.28. The molecular weight excluding hydrogens is 285 g/mol. The Morgan fingerprint density at radius 1 is 1.53 bits per heavy atom. The minimum absolute atomic E-state index is 0.165. The van der Waals surface area contributed by atoms with E-state index in [2.05, 4.69) is 15.9 Å². The summed E-state index contributed by atoms with van der Waals surface area (Å²) in [5, 5.41) is 0.845. The number of hydrogen-bond donors (Lipinski definition) is 0. The van der Waals surface area contributed by atoms with Crippen LogP contribution in [0.1, 0.15) is 17.5 Å². The first-order valence-electron chi connectivity index (χ1n) is 5.69. The van der Waals surface area contributed by atoms with Crippen molar-refractivity contribution in [1.82, 2.24) is 4.90 Å². The Bertz CT molecular complexity index is 435. The summed E-state index contributed by atoms with van der Waals surface area (Å²) in [5.74, 6) is 0.309. The summed E-state index contributed by atoms with van der Waals surface area (Å²) in [5.41, 5.74) is 1.93. The Kier molecular flexibility index (Phi) is 3.82. The van der Waals surface area contributed by atoms with E-state index < -0.39 is 0 Å². The molecule has 1 amide bonds. The van der Waals surface area contributed by atoms with Crippen LogP contribution in [0.15, 0.2) is 18.2 Å². The molecule has 1 fully saturated rings. The van der Waals surface area contributed by atoms with E-state index in [4.69, 9.17) is 0 Å². The SMILES string of the molecule is Cc1ccc(F)cc1CN1CC(CBr)CC1=O. The Morgan fingerprint density at radius 3 is 2.94 bits per heavy atom. The largest absolute Gasteiger partial charge is 0.338 e. The van der Waals surface area contributed by atoms with Gasteiger partial charge in [-0.1, -0.05) is 22.0 Å². The fourth-order valence-corrected chi connectivity index (χ4v) is 2.56. The smallest absolute Gasteiger partial charge is 0.223 e. The third-order valence-electron chi connectivity index (χ3n) is 3.19. The predicted molar refractivity (Wildman–Crippen MR) is 68.5 cm³/mol. The van der Waals surface area contributed by atoms with Crippen molar-refractivity contribution in [3.05, 3.63) is 35.1 Å². The minimum Gasteiger partial charge on any atom is -0.338 e. The zero-order chi connectivity index (χ0) is 12.4. The van der Waals surface area contributed by atoms with Crippen LogP contribution in [0.2, 0.25) is 0 Å². The molecule has 0 bridgehead atoms. The average molecular weight is 300 g/mol. The summed E-state index contributed by atoms with van der Waals surface area (Å²) in [6.45, 7) is 3.23. The highest BCUT2D eigenvalue weighted by molar-refractivity contribution is 9.09. The molecule has 1 atom stereocenters. The number of aryl methyl sites for hydroxylation is 1. The van der Waals surface area contributed by atoms with Crippen molar-refractivity contribution in [3.8, 4) is 0 Å². The zero-order valence-corrected chi connectivity index (χ0v) is 11.3. The van der Waals surface area contributed by atoms with Crippen LogP contribution >= 0.6 is 15.9 Å². The molecule has 2 rings (SSSR count). The highest BCUT2D eigenvalue weighted by Crippen LogP contribution is 2.22. The number of alkyl halides is 1. The van der Waals surface area contributed by atoms with Crippen molar-refractivity contribution in [3.63, 3.8) is 0 Å². The molecule has 1 aliphatic rings. The van der Waals surface area contributed by atoms with Gasteiger partial charge in [0.2, 0.25) is 5.91 Å². The normalized spacial score (nSPS) is 20.1. The molecule has 17 heavy (non-hydrogen) atoms. The van der Waals surface area contributed by atoms with Crippen molar-refractivity contribution >= 4 is 21.8 Å². The van der Waals surface area contributed by atoms with Gasteiger partial charge in [0.1, 0.15) is 5.82 Å². The number of carbonyl (C=O) groups excluding carboxylic acids is 1. The summed E-state index contributed by atoms with van der Waals surface area (Å²) in [7, 11) is 0. The quantitative estimate of drug-likeness (QED) is 0.786. The van der Waals surface area contributed by atoms with E-state index in [1.807, 2.05) is 11.8 Å². The maximum Gasteiger partial charge on any atom is 0.223 e. The molecular formula is C13H15BrFNO. The number of nitrogens with zero attached hydrogens (tertiary/aromatic N) is 1. The van der Waals surface area contributed by atoms with Crippen LogP contribution in [-0.4, -0.2) is 22.7 Å². The zero-order valence-electron chi connectivity index (χ0n) is 9.75. The molecule has 1 unspecified atom stereocenters. The molecule has 92 valence electrons. The van der Waals surface area contributed by atoms with Crippen LogP contribution < -0.4 is 0 Å². The van der Waals surface area contributed by atoms with Gasteiger partial charge in [-0.05, 0) is 36.1 Å². The molecule has 1 aliphatic heterocycles. The number of hydrogen-bond acceptors (Lipinski definition) is 1. The molecule has 0 spiro atoms. The van der Waals surface area contributed by atoms with E-state index in [1.54, 1.807) is 6.07 Å². The maximum absolute atomic E-state index is 13.2. The first-order chi connectivity index (χ1) is 8.10. The van der Waals surface area contributed by atoms with Crippen LogP contribution in [0.3, 0.4) is 0 Å². The van der Waals surface area contributed by atoms with Gasteiger partial charge in [0.05, 0.1) is 0 Å². The lowest BCUT2D eigenvalue weighted by Crippen LogP contribution is -2.25. The van der Waals surface area contributed by atoms with Gasteiger partial charge in [-0.2, -0.15) is 0 Å². The van der Waals surface area contributed by atoms with Gasteiger partial charge in [0, 0.05) is 24.8 Å². The Balaban J connectivity index is 2.11. The lowest BCUT2D eigenvalue weighted by atomic mass is 10.1. The van der Waals surface area contributed by atoms with Crippen molar-refractivity contribution in [2.45, 2.75) is 19.9 Å². The van der Waals surface area contributed by atoms with E-state index in [9.17, 15) is 9.18 Å². The molecule has 1 heterocycles. The van der Waals surface area contributed by atoms with Gasteiger partial charge in [-0.25, -0.2) is 4.39 Å². The minimum atomic E-state index is -0.241. The molecule has 1 aromatic carbocycles. The Hall–Kier alpha value is -0.900. The van der Waals surface area contributed by atoms with E-state index >= 15 is 0 Å². The maximum atomic E-state index is 13.2. The summed E-state index contributed by atoms with van der Waals surface area (Å²) in [6.07, 6.45) is 0.597. The molecule has 1 saturated heterocycles. The van der Waals surface area contributed by atoms with Crippen LogP contribution in [0.25, 0.3) is 0 Å². The van der Waals surface area contributed by atoms with Crippen molar-refractivity contribution in [2.75, 3.05) is 11.9 Å². The van der Waals surface area contributed by atoms with Crippen LogP contribution in [-0.2, 0) is 11.3 Å². The molecule has 0 saturated carbocycles. The van der Waals surface area contributed by atoms with Crippen molar-refractivity contribution in [2.24, 2.45) is 5.92 Å². The number of rotatable bonds is 3. The first-order valence-corrected chi connectivity index (χ1v) is 6.81. The van der Waals surface area contributed by atoms with E-state index in [0.29, 0.717) is 18.9 Å². The van der Waals surface area contributed by atoms with Gasteiger partial charge < -0.3 is 4.90 Å². The number of carbonyl (C=O) groups is 1. The van der Waals surface area contributed by atoms with Gasteiger partial charge in [-0.15, -0.1) is 0 Å². The summed E-state index contributed by atoms with van der Waals surface area (Å²) < 4.78 is 13.2. The molecule has 0 aromatic heterocycles.